The third-order valence-electron chi connectivity index (χ3n) is 5.23. The number of pyridine rings is 1. The summed E-state index contributed by atoms with van der Waals surface area (Å²) < 4.78 is 52.7. The Balaban J connectivity index is 1.79. The molecule has 166 valence electrons. The van der Waals surface area contributed by atoms with Crippen molar-refractivity contribution in [2.75, 3.05) is 11.4 Å². The molecule has 1 saturated heterocycles. The molecule has 1 aliphatic carbocycles. The number of hydrogen-bond acceptors (Lipinski definition) is 3. The molecule has 1 N–H and O–H groups in total. The second-order valence-electron chi connectivity index (χ2n) is 7.58. The van der Waals surface area contributed by atoms with Crippen LogP contribution in [0.25, 0.3) is 5.83 Å². The van der Waals surface area contributed by atoms with Crippen molar-refractivity contribution >= 4 is 29.2 Å². The number of nitrogens with one attached hydrogen (secondary N) is 1. The standard InChI is InChI=1S/C22H22ClF4N3O/c1-13-5-7-17(8-6-16(10-13)22(25,26)27)29-21(31)19-4-3-9-30(19)20-18(23)11-15(12-28-20)14(2)24/h6,8,10-12,19H,2-5,7,9H2,1H3,(H,29,31). The van der Waals surface area contributed by atoms with Crippen LogP contribution in [0.2, 0.25) is 5.02 Å². The Morgan fingerprint density at radius 1 is 1.32 bits per heavy atom. The SMILES string of the molecule is C=C(F)c1cnc(N2CCCC2C(=O)NC2=CC=C(C(F)(F)F)C=C(C)CC2)c(Cl)c1. The first-order valence-electron chi connectivity index (χ1n) is 9.79. The van der Waals surface area contributed by atoms with Crippen LogP contribution in [0, 0.1) is 0 Å². The smallest absolute Gasteiger partial charge is 0.343 e. The summed E-state index contributed by atoms with van der Waals surface area (Å²) in [6, 6.07) is 0.813. The molecule has 31 heavy (non-hydrogen) atoms. The first-order chi connectivity index (χ1) is 14.6. The minimum atomic E-state index is -4.47. The van der Waals surface area contributed by atoms with Crippen LogP contribution in [0.1, 0.15) is 38.2 Å². The summed E-state index contributed by atoms with van der Waals surface area (Å²) in [7, 11) is 0. The molecule has 1 amide bonds. The molecule has 4 nitrogen and oxygen atoms in total. The van der Waals surface area contributed by atoms with Gasteiger partial charge in [-0.3, -0.25) is 4.79 Å². The Morgan fingerprint density at radius 3 is 2.71 bits per heavy atom. The fourth-order valence-electron chi connectivity index (χ4n) is 3.60. The Morgan fingerprint density at radius 2 is 2.06 bits per heavy atom. The first-order valence-corrected chi connectivity index (χ1v) is 10.2. The number of carbonyl (C=O) groups excluding carboxylic acids is 1. The summed E-state index contributed by atoms with van der Waals surface area (Å²) in [4.78, 5) is 18.9. The number of alkyl halides is 3. The number of halogens is 5. The van der Waals surface area contributed by atoms with E-state index in [0.717, 1.165) is 12.2 Å². The first kappa shape index (κ1) is 23.1. The van der Waals surface area contributed by atoms with E-state index in [0.29, 0.717) is 49.3 Å². The minimum Gasteiger partial charge on any atom is -0.343 e. The zero-order valence-electron chi connectivity index (χ0n) is 16.9. The van der Waals surface area contributed by atoms with E-state index in [1.165, 1.54) is 18.3 Å². The molecule has 2 aliphatic rings. The van der Waals surface area contributed by atoms with Gasteiger partial charge in [-0.2, -0.15) is 13.2 Å². The van der Waals surface area contributed by atoms with Gasteiger partial charge in [-0.05, 0) is 50.8 Å². The third-order valence-corrected chi connectivity index (χ3v) is 5.51. The molecule has 1 fully saturated rings. The minimum absolute atomic E-state index is 0.157. The van der Waals surface area contributed by atoms with Crippen LogP contribution >= 0.6 is 11.6 Å². The average Bonchev–Trinajstić information content (AvgIpc) is 3.15. The topological polar surface area (TPSA) is 45.2 Å². The molecule has 1 aromatic rings. The molecule has 1 aliphatic heterocycles. The van der Waals surface area contributed by atoms with Crippen LogP contribution in [-0.2, 0) is 4.79 Å². The average molecular weight is 456 g/mol. The second kappa shape index (κ2) is 9.26. The predicted molar refractivity (Wildman–Crippen MR) is 113 cm³/mol. The quantitative estimate of drug-likeness (QED) is 0.577. The molecule has 0 radical (unpaired) electrons. The highest BCUT2D eigenvalue weighted by Crippen LogP contribution is 2.33. The number of amides is 1. The molecule has 0 bridgehead atoms. The Labute approximate surface area is 183 Å². The summed E-state index contributed by atoms with van der Waals surface area (Å²) in [5.74, 6) is -0.651. The van der Waals surface area contributed by atoms with Crippen LogP contribution in [-0.4, -0.2) is 29.7 Å². The van der Waals surface area contributed by atoms with Gasteiger partial charge < -0.3 is 10.2 Å². The van der Waals surface area contributed by atoms with Gasteiger partial charge in [0.15, 0.2) is 0 Å². The largest absolute Gasteiger partial charge is 0.416 e. The van der Waals surface area contributed by atoms with Crippen molar-refractivity contribution in [1.82, 2.24) is 10.3 Å². The van der Waals surface area contributed by atoms with Gasteiger partial charge >= 0.3 is 6.18 Å². The Hall–Kier alpha value is -2.61. The maximum Gasteiger partial charge on any atom is 0.416 e. The van der Waals surface area contributed by atoms with Gasteiger partial charge in [-0.25, -0.2) is 9.37 Å². The van der Waals surface area contributed by atoms with Gasteiger partial charge in [-0.15, -0.1) is 0 Å². The lowest BCUT2D eigenvalue weighted by Crippen LogP contribution is -2.43. The fourth-order valence-corrected chi connectivity index (χ4v) is 3.87. The molecule has 9 heteroatoms. The van der Waals surface area contributed by atoms with Gasteiger partial charge in [0, 0.05) is 24.0 Å². The highest BCUT2D eigenvalue weighted by atomic mass is 35.5. The fraction of sp³-hybridized carbons (Fsp3) is 0.364. The van der Waals surface area contributed by atoms with Crippen molar-refractivity contribution in [1.29, 1.82) is 0 Å². The molecule has 0 saturated carbocycles. The molecule has 0 spiro atoms. The lowest BCUT2D eigenvalue weighted by Gasteiger charge is -2.26. The van der Waals surface area contributed by atoms with E-state index in [1.54, 1.807) is 11.8 Å². The molecule has 0 aromatic carbocycles. The molecule has 1 unspecified atom stereocenters. The number of rotatable bonds is 4. The zero-order valence-corrected chi connectivity index (χ0v) is 17.7. The van der Waals surface area contributed by atoms with E-state index < -0.39 is 23.6 Å². The number of aromatic nitrogens is 1. The maximum atomic E-state index is 13.3. The number of carbonyl (C=O) groups is 1. The number of allylic oxidation sites excluding steroid dienone is 6. The zero-order chi connectivity index (χ0) is 22.8. The van der Waals surface area contributed by atoms with E-state index in [2.05, 4.69) is 16.9 Å². The predicted octanol–water partition coefficient (Wildman–Crippen LogP) is 5.87. The van der Waals surface area contributed by atoms with Gasteiger partial charge in [-0.1, -0.05) is 29.8 Å². The number of nitrogens with zero attached hydrogens (tertiary/aromatic N) is 2. The monoisotopic (exact) mass is 455 g/mol. The Bertz CT molecular complexity index is 981. The van der Waals surface area contributed by atoms with Gasteiger partial charge in [0.05, 0.1) is 10.6 Å². The third kappa shape index (κ3) is 5.55. The molecule has 2 heterocycles. The van der Waals surface area contributed by atoms with Crippen molar-refractivity contribution < 1.29 is 22.4 Å². The van der Waals surface area contributed by atoms with Crippen molar-refractivity contribution in [2.45, 2.75) is 44.8 Å². The van der Waals surface area contributed by atoms with Gasteiger partial charge in [0.1, 0.15) is 17.7 Å². The van der Waals surface area contributed by atoms with Crippen LogP contribution in [0.5, 0.6) is 0 Å². The normalized spacial score (nSPS) is 19.7. The Kier molecular flexibility index (Phi) is 6.89. The second-order valence-corrected chi connectivity index (χ2v) is 7.98. The highest BCUT2D eigenvalue weighted by Gasteiger charge is 2.34. The van der Waals surface area contributed by atoms with E-state index in [4.69, 9.17) is 11.6 Å². The maximum absolute atomic E-state index is 13.3. The summed E-state index contributed by atoms with van der Waals surface area (Å²) >= 11 is 6.25. The van der Waals surface area contributed by atoms with Gasteiger partial charge in [0.25, 0.3) is 0 Å². The molecule has 3 rings (SSSR count). The van der Waals surface area contributed by atoms with E-state index >= 15 is 0 Å². The lowest BCUT2D eigenvalue weighted by atomic mass is 10.0. The van der Waals surface area contributed by atoms with Crippen molar-refractivity contribution in [2.24, 2.45) is 0 Å². The van der Waals surface area contributed by atoms with Gasteiger partial charge in [0.2, 0.25) is 5.91 Å². The van der Waals surface area contributed by atoms with Crippen LogP contribution in [0.15, 0.2) is 53.9 Å². The van der Waals surface area contributed by atoms with E-state index in [9.17, 15) is 22.4 Å². The molecular weight excluding hydrogens is 434 g/mol. The lowest BCUT2D eigenvalue weighted by molar-refractivity contribution is -0.121. The summed E-state index contributed by atoms with van der Waals surface area (Å²) in [6.07, 6.45) is 2.30. The summed E-state index contributed by atoms with van der Waals surface area (Å²) in [5, 5.41) is 2.96. The van der Waals surface area contributed by atoms with Crippen LogP contribution in [0.4, 0.5) is 23.4 Å². The molecule has 1 atom stereocenters. The highest BCUT2D eigenvalue weighted by molar-refractivity contribution is 6.33. The van der Waals surface area contributed by atoms with E-state index in [1.807, 2.05) is 0 Å². The van der Waals surface area contributed by atoms with E-state index in [-0.39, 0.29) is 16.5 Å². The van der Waals surface area contributed by atoms with Crippen molar-refractivity contribution in [3.63, 3.8) is 0 Å². The number of hydrogen-bond donors (Lipinski definition) is 1. The molecular formula is C22H22ClF4N3O. The summed E-state index contributed by atoms with van der Waals surface area (Å²) in [5.41, 5.74) is 0.388. The van der Waals surface area contributed by atoms with Crippen LogP contribution in [0.3, 0.4) is 0 Å². The number of anilines is 1. The summed E-state index contributed by atoms with van der Waals surface area (Å²) in [6.45, 7) is 5.37. The molecule has 1 aromatic heterocycles. The van der Waals surface area contributed by atoms with Crippen molar-refractivity contribution in [3.8, 4) is 0 Å². The van der Waals surface area contributed by atoms with Crippen molar-refractivity contribution in [3.05, 3.63) is 64.5 Å². The van der Waals surface area contributed by atoms with Crippen LogP contribution < -0.4 is 10.2 Å².